The Morgan fingerprint density at radius 3 is 2.65 bits per heavy atom. The molecular weight excluding hydrogens is 524 g/mol. The molecule has 3 aromatic rings. The minimum Gasteiger partial charge on any atom is -0.354 e. The van der Waals surface area contributed by atoms with Crippen LogP contribution in [0.2, 0.25) is 0 Å². The fraction of sp³-hybridized carbons (Fsp3) is 0.400. The molecule has 2 aliphatic heterocycles. The van der Waals surface area contributed by atoms with Gasteiger partial charge in [0.15, 0.2) is 0 Å². The third kappa shape index (κ3) is 6.85. The van der Waals surface area contributed by atoms with Crippen molar-refractivity contribution in [3.63, 3.8) is 0 Å². The highest BCUT2D eigenvalue weighted by Gasteiger charge is 2.39. The molecule has 4 heterocycles. The second kappa shape index (κ2) is 13.5. The van der Waals surface area contributed by atoms with Gasteiger partial charge >= 0.3 is 0 Å². The zero-order valence-electron chi connectivity index (χ0n) is 22.5. The molecule has 2 aromatic heterocycles. The van der Waals surface area contributed by atoms with Crippen molar-refractivity contribution in [2.45, 2.75) is 68.8 Å². The molecule has 1 fully saturated rings. The first-order valence-electron chi connectivity index (χ1n) is 14.0. The van der Waals surface area contributed by atoms with Crippen LogP contribution in [-0.2, 0) is 16.1 Å². The molecular formula is C30H34N6O3S. The highest BCUT2D eigenvalue weighted by Crippen LogP contribution is 2.34. The normalized spacial score (nSPS) is 16.6. The predicted molar refractivity (Wildman–Crippen MR) is 155 cm³/mol. The summed E-state index contributed by atoms with van der Waals surface area (Å²) in [5, 5.41) is 5.69. The minimum atomic E-state index is -0.574. The predicted octanol–water partition coefficient (Wildman–Crippen LogP) is 4.84. The summed E-state index contributed by atoms with van der Waals surface area (Å²) in [5.74, 6) is 0.887. The van der Waals surface area contributed by atoms with E-state index in [1.807, 2.05) is 30.3 Å². The van der Waals surface area contributed by atoms with Crippen LogP contribution in [0.5, 0.6) is 0 Å². The van der Waals surface area contributed by atoms with Crippen LogP contribution >= 0.6 is 11.8 Å². The number of piperidine rings is 1. The number of nitrogens with one attached hydrogen (secondary N) is 2. The van der Waals surface area contributed by atoms with E-state index in [-0.39, 0.29) is 24.1 Å². The maximum Gasteiger partial charge on any atom is 0.255 e. The standard InChI is InChI=1S/C30H34N6O3S/c37-27-13-12-25(28(38)35-27)36-20-23-22(29(36)39)10-7-11-26(23)40-18-6-4-2-1-3-5-16-32-30-33-17-14-24(34-30)21-9-8-15-31-19-21/h7-11,14-15,17,19,25H,1-6,12-13,16,18,20H2,(H,32,33,34)(H,35,37,38). The van der Waals surface area contributed by atoms with E-state index >= 15 is 0 Å². The smallest absolute Gasteiger partial charge is 0.255 e. The average Bonchev–Trinajstić information content (AvgIpc) is 3.31. The van der Waals surface area contributed by atoms with Gasteiger partial charge in [0, 0.05) is 54.1 Å². The van der Waals surface area contributed by atoms with Crippen molar-refractivity contribution in [1.82, 2.24) is 25.2 Å². The van der Waals surface area contributed by atoms with E-state index in [1.165, 1.54) is 19.3 Å². The number of unbranched alkanes of at least 4 members (excludes halogenated alkanes) is 5. The summed E-state index contributed by atoms with van der Waals surface area (Å²) in [5.41, 5.74) is 3.52. The molecule has 0 radical (unpaired) electrons. The molecule has 0 aliphatic carbocycles. The molecule has 1 unspecified atom stereocenters. The Kier molecular flexibility index (Phi) is 9.38. The van der Waals surface area contributed by atoms with Crippen molar-refractivity contribution in [3.8, 4) is 11.3 Å². The maximum atomic E-state index is 13.0. The lowest BCUT2D eigenvalue weighted by atomic mass is 10.0. The molecule has 2 aliphatic rings. The molecule has 0 spiro atoms. The molecule has 0 bridgehead atoms. The number of thioether (sulfide) groups is 1. The average molecular weight is 559 g/mol. The number of imide groups is 1. The van der Waals surface area contributed by atoms with Gasteiger partial charge in [0.1, 0.15) is 6.04 Å². The third-order valence-corrected chi connectivity index (χ3v) is 8.45. The lowest BCUT2D eigenvalue weighted by Gasteiger charge is -2.29. The zero-order valence-corrected chi connectivity index (χ0v) is 23.3. The number of carbonyl (C=O) groups is 3. The Morgan fingerprint density at radius 1 is 0.975 bits per heavy atom. The number of hydrogen-bond acceptors (Lipinski definition) is 8. The molecule has 1 saturated heterocycles. The van der Waals surface area contributed by atoms with Crippen LogP contribution in [0.15, 0.2) is 59.9 Å². The van der Waals surface area contributed by atoms with E-state index in [2.05, 4.69) is 31.7 Å². The monoisotopic (exact) mass is 558 g/mol. The van der Waals surface area contributed by atoms with Gasteiger partial charge in [-0.2, -0.15) is 0 Å². The van der Waals surface area contributed by atoms with Gasteiger partial charge in [0.2, 0.25) is 17.8 Å². The Bertz CT molecular complexity index is 1350. The molecule has 1 aromatic carbocycles. The van der Waals surface area contributed by atoms with Gasteiger partial charge in [0.05, 0.1) is 5.69 Å². The van der Waals surface area contributed by atoms with E-state index < -0.39 is 6.04 Å². The number of rotatable bonds is 13. The van der Waals surface area contributed by atoms with Crippen molar-refractivity contribution >= 4 is 35.4 Å². The second-order valence-electron chi connectivity index (χ2n) is 10.1. The first-order chi connectivity index (χ1) is 19.6. The van der Waals surface area contributed by atoms with Gasteiger partial charge in [-0.25, -0.2) is 9.97 Å². The van der Waals surface area contributed by atoms with Crippen molar-refractivity contribution < 1.29 is 14.4 Å². The summed E-state index contributed by atoms with van der Waals surface area (Å²) >= 11 is 1.79. The number of aromatic nitrogens is 3. The van der Waals surface area contributed by atoms with Gasteiger partial charge in [0.25, 0.3) is 5.91 Å². The van der Waals surface area contributed by atoms with Crippen LogP contribution in [0.4, 0.5) is 5.95 Å². The van der Waals surface area contributed by atoms with Crippen molar-refractivity contribution in [1.29, 1.82) is 0 Å². The Hall–Kier alpha value is -3.79. The number of fused-ring (bicyclic) bond motifs is 1. The van der Waals surface area contributed by atoms with Crippen LogP contribution in [0, 0.1) is 0 Å². The van der Waals surface area contributed by atoms with Crippen molar-refractivity contribution in [3.05, 3.63) is 66.1 Å². The molecule has 208 valence electrons. The lowest BCUT2D eigenvalue weighted by molar-refractivity contribution is -0.136. The molecule has 9 nitrogen and oxygen atoms in total. The summed E-state index contributed by atoms with van der Waals surface area (Å²) in [7, 11) is 0. The SMILES string of the molecule is O=C1CCC(N2Cc3c(SCCCCCCCCNc4nccc(-c5cccnc5)n4)cccc3C2=O)C(=O)N1. The van der Waals surface area contributed by atoms with Crippen LogP contribution in [0.1, 0.15) is 67.3 Å². The highest BCUT2D eigenvalue weighted by molar-refractivity contribution is 7.99. The van der Waals surface area contributed by atoms with Crippen molar-refractivity contribution in [2.24, 2.45) is 0 Å². The topological polar surface area (TPSA) is 117 Å². The van der Waals surface area contributed by atoms with Crippen LogP contribution in [0.25, 0.3) is 11.3 Å². The molecule has 3 amide bonds. The number of pyridine rings is 1. The van der Waals surface area contributed by atoms with E-state index in [0.29, 0.717) is 24.5 Å². The first-order valence-corrected chi connectivity index (χ1v) is 15.0. The summed E-state index contributed by atoms with van der Waals surface area (Å²) in [6.45, 7) is 1.27. The second-order valence-corrected chi connectivity index (χ2v) is 11.2. The zero-order chi connectivity index (χ0) is 27.7. The number of hydrogen-bond donors (Lipinski definition) is 2. The van der Waals surface area contributed by atoms with E-state index in [4.69, 9.17) is 0 Å². The molecule has 2 N–H and O–H groups in total. The Balaban J connectivity index is 0.972. The van der Waals surface area contributed by atoms with Crippen LogP contribution in [-0.4, -0.2) is 55.9 Å². The van der Waals surface area contributed by atoms with Crippen LogP contribution in [0.3, 0.4) is 0 Å². The summed E-state index contributed by atoms with van der Waals surface area (Å²) < 4.78 is 0. The van der Waals surface area contributed by atoms with E-state index in [9.17, 15) is 14.4 Å². The van der Waals surface area contributed by atoms with Gasteiger partial charge in [-0.15, -0.1) is 11.8 Å². The van der Waals surface area contributed by atoms with E-state index in [0.717, 1.165) is 53.3 Å². The van der Waals surface area contributed by atoms with Gasteiger partial charge < -0.3 is 10.2 Å². The largest absolute Gasteiger partial charge is 0.354 e. The van der Waals surface area contributed by atoms with Gasteiger partial charge in [-0.3, -0.25) is 24.7 Å². The molecule has 40 heavy (non-hydrogen) atoms. The van der Waals surface area contributed by atoms with Crippen LogP contribution < -0.4 is 10.6 Å². The third-order valence-electron chi connectivity index (χ3n) is 7.26. The lowest BCUT2D eigenvalue weighted by Crippen LogP contribution is -2.52. The maximum absolute atomic E-state index is 13.0. The number of benzene rings is 1. The number of amides is 3. The summed E-state index contributed by atoms with van der Waals surface area (Å²) in [4.78, 5) is 52.6. The number of nitrogens with zero attached hydrogens (tertiary/aromatic N) is 4. The Morgan fingerprint density at radius 2 is 1.82 bits per heavy atom. The van der Waals surface area contributed by atoms with Gasteiger partial charge in [-0.05, 0) is 60.9 Å². The Labute approximate surface area is 238 Å². The molecule has 10 heteroatoms. The fourth-order valence-corrected chi connectivity index (χ4v) is 6.22. The van der Waals surface area contributed by atoms with E-state index in [1.54, 1.807) is 35.3 Å². The molecule has 1 atom stereocenters. The van der Waals surface area contributed by atoms with Gasteiger partial charge in [-0.1, -0.05) is 31.7 Å². The number of carbonyl (C=O) groups excluding carboxylic acids is 3. The van der Waals surface area contributed by atoms with Crippen molar-refractivity contribution in [2.75, 3.05) is 17.6 Å². The molecule has 5 rings (SSSR count). The molecule has 0 saturated carbocycles. The fourth-order valence-electron chi connectivity index (χ4n) is 5.13. The quantitative estimate of drug-likeness (QED) is 0.174. The highest BCUT2D eigenvalue weighted by atomic mass is 32.2. The summed E-state index contributed by atoms with van der Waals surface area (Å²) in [6.07, 6.45) is 12.9. The summed E-state index contributed by atoms with van der Waals surface area (Å²) in [6, 6.07) is 11.0. The number of anilines is 1. The first kappa shape index (κ1) is 27.8. The minimum absolute atomic E-state index is 0.116.